The van der Waals surface area contributed by atoms with Crippen molar-refractivity contribution >= 4 is 0 Å². The largest absolute Gasteiger partial charge is 0.408 e. The van der Waals surface area contributed by atoms with Gasteiger partial charge in [0.05, 0.1) is 0 Å². The van der Waals surface area contributed by atoms with Gasteiger partial charge in [-0.2, -0.15) is 13.2 Å². The first-order valence-electron chi connectivity index (χ1n) is 7.62. The molecule has 1 N–H and O–H groups in total. The number of benzene rings is 1. The lowest BCUT2D eigenvalue weighted by molar-refractivity contribution is -0.194. The fourth-order valence-corrected chi connectivity index (χ4v) is 3.12. The summed E-state index contributed by atoms with van der Waals surface area (Å²) in [6.45, 7) is 4.00. The van der Waals surface area contributed by atoms with Crippen molar-refractivity contribution in [3.63, 3.8) is 0 Å². The third-order valence-electron chi connectivity index (χ3n) is 4.02. The second-order valence-corrected chi connectivity index (χ2v) is 5.57. The van der Waals surface area contributed by atoms with E-state index in [0.717, 1.165) is 32.4 Å². The average Bonchev–Trinajstić information content (AvgIpc) is 2.47. The molecule has 0 radical (unpaired) electrons. The van der Waals surface area contributed by atoms with Gasteiger partial charge in [-0.3, -0.25) is 4.90 Å². The fraction of sp³-hybridized carbons (Fsp3) is 0.625. The van der Waals surface area contributed by atoms with Gasteiger partial charge >= 0.3 is 6.18 Å². The van der Waals surface area contributed by atoms with E-state index in [-0.39, 0.29) is 6.04 Å². The molecule has 0 bridgehead atoms. The van der Waals surface area contributed by atoms with Crippen LogP contribution in [0.25, 0.3) is 0 Å². The van der Waals surface area contributed by atoms with E-state index in [4.69, 9.17) is 0 Å². The molecule has 1 heterocycles. The molecule has 0 aliphatic carbocycles. The predicted octanol–water partition coefficient (Wildman–Crippen LogP) is 3.75. The van der Waals surface area contributed by atoms with Crippen LogP contribution in [-0.2, 0) is 0 Å². The number of rotatable bonds is 5. The van der Waals surface area contributed by atoms with Crippen LogP contribution in [0.4, 0.5) is 13.2 Å². The quantitative estimate of drug-likeness (QED) is 0.891. The van der Waals surface area contributed by atoms with Crippen molar-refractivity contribution < 1.29 is 13.2 Å². The van der Waals surface area contributed by atoms with Crippen LogP contribution < -0.4 is 5.32 Å². The van der Waals surface area contributed by atoms with Crippen LogP contribution in [0.15, 0.2) is 30.3 Å². The van der Waals surface area contributed by atoms with Crippen molar-refractivity contribution in [1.82, 2.24) is 10.2 Å². The van der Waals surface area contributed by atoms with E-state index in [1.54, 1.807) is 35.2 Å². The molecule has 118 valence electrons. The highest BCUT2D eigenvalue weighted by Gasteiger charge is 2.46. The summed E-state index contributed by atoms with van der Waals surface area (Å²) >= 11 is 0. The highest BCUT2D eigenvalue weighted by atomic mass is 19.4. The average molecular weight is 300 g/mol. The van der Waals surface area contributed by atoms with Crippen molar-refractivity contribution in [3.05, 3.63) is 35.9 Å². The highest BCUT2D eigenvalue weighted by Crippen LogP contribution is 2.39. The van der Waals surface area contributed by atoms with Gasteiger partial charge < -0.3 is 5.32 Å². The molecule has 1 aromatic rings. The second kappa shape index (κ2) is 7.27. The molecule has 1 aromatic carbocycles. The normalized spacial score (nSPS) is 18.9. The molecule has 1 aliphatic heterocycles. The van der Waals surface area contributed by atoms with E-state index in [2.05, 4.69) is 5.32 Å². The maximum absolute atomic E-state index is 13.7. The first-order chi connectivity index (χ1) is 10.0. The minimum atomic E-state index is -4.25. The molecule has 1 aliphatic rings. The molecule has 2 nitrogen and oxygen atoms in total. The van der Waals surface area contributed by atoms with E-state index >= 15 is 0 Å². The summed E-state index contributed by atoms with van der Waals surface area (Å²) in [6, 6.07) is 6.79. The van der Waals surface area contributed by atoms with Crippen molar-refractivity contribution in [1.29, 1.82) is 0 Å². The van der Waals surface area contributed by atoms with Crippen molar-refractivity contribution in [3.8, 4) is 0 Å². The van der Waals surface area contributed by atoms with Gasteiger partial charge in [-0.15, -0.1) is 0 Å². The van der Waals surface area contributed by atoms with E-state index in [1.165, 1.54) is 0 Å². The van der Waals surface area contributed by atoms with Crippen LogP contribution in [-0.4, -0.2) is 36.8 Å². The maximum Gasteiger partial charge on any atom is 0.408 e. The van der Waals surface area contributed by atoms with E-state index in [1.807, 2.05) is 6.92 Å². The monoisotopic (exact) mass is 300 g/mol. The van der Waals surface area contributed by atoms with Gasteiger partial charge in [0.2, 0.25) is 0 Å². The minimum Gasteiger partial charge on any atom is -0.317 e. The fourth-order valence-electron chi connectivity index (χ4n) is 3.12. The van der Waals surface area contributed by atoms with Gasteiger partial charge in [-0.05, 0) is 44.5 Å². The standard InChI is InChI=1S/C16H23F3N2/c1-2-12-21(14-8-10-20-11-9-14)15(16(17,18)19)13-6-4-3-5-7-13/h3-7,14-15,20H,2,8-12H2,1H3. The van der Waals surface area contributed by atoms with Crippen molar-refractivity contribution in [2.75, 3.05) is 19.6 Å². The molecule has 1 atom stereocenters. The van der Waals surface area contributed by atoms with Gasteiger partial charge in [-0.25, -0.2) is 0 Å². The number of hydrogen-bond acceptors (Lipinski definition) is 2. The Morgan fingerprint density at radius 3 is 2.33 bits per heavy atom. The predicted molar refractivity (Wildman–Crippen MR) is 78.1 cm³/mol. The third kappa shape index (κ3) is 4.20. The summed E-state index contributed by atoms with van der Waals surface area (Å²) in [5.41, 5.74) is 0.344. The summed E-state index contributed by atoms with van der Waals surface area (Å²) < 4.78 is 41.0. The van der Waals surface area contributed by atoms with Crippen LogP contribution in [0.5, 0.6) is 0 Å². The number of piperidine rings is 1. The molecule has 0 spiro atoms. The summed E-state index contributed by atoms with van der Waals surface area (Å²) in [5.74, 6) is 0. The lowest BCUT2D eigenvalue weighted by Gasteiger charge is -2.41. The van der Waals surface area contributed by atoms with Crippen LogP contribution in [0.3, 0.4) is 0 Å². The van der Waals surface area contributed by atoms with Gasteiger partial charge in [0.1, 0.15) is 6.04 Å². The second-order valence-electron chi connectivity index (χ2n) is 5.57. The Labute approximate surface area is 124 Å². The van der Waals surface area contributed by atoms with Gasteiger partial charge in [0, 0.05) is 6.04 Å². The summed E-state index contributed by atoms with van der Waals surface area (Å²) in [6.07, 6.45) is -1.97. The van der Waals surface area contributed by atoms with Crippen LogP contribution >= 0.6 is 0 Å². The highest BCUT2D eigenvalue weighted by molar-refractivity contribution is 5.21. The molecular weight excluding hydrogens is 277 g/mol. The molecule has 0 saturated carbocycles. The zero-order valence-corrected chi connectivity index (χ0v) is 12.4. The zero-order chi connectivity index (χ0) is 15.3. The maximum atomic E-state index is 13.7. The number of nitrogens with zero attached hydrogens (tertiary/aromatic N) is 1. The van der Waals surface area contributed by atoms with Gasteiger partial charge in [0.15, 0.2) is 0 Å². The van der Waals surface area contributed by atoms with E-state index in [9.17, 15) is 13.2 Å². The van der Waals surface area contributed by atoms with Crippen LogP contribution in [0, 0.1) is 0 Å². The lowest BCUT2D eigenvalue weighted by Crippen LogP contribution is -2.49. The van der Waals surface area contributed by atoms with Gasteiger partial charge in [-0.1, -0.05) is 37.3 Å². The number of nitrogens with one attached hydrogen (secondary N) is 1. The summed E-state index contributed by atoms with van der Waals surface area (Å²) in [7, 11) is 0. The Kier molecular flexibility index (Phi) is 5.65. The molecule has 21 heavy (non-hydrogen) atoms. The van der Waals surface area contributed by atoms with E-state index in [0.29, 0.717) is 12.1 Å². The van der Waals surface area contributed by atoms with Gasteiger partial charge in [0.25, 0.3) is 0 Å². The first kappa shape index (κ1) is 16.3. The molecule has 1 saturated heterocycles. The topological polar surface area (TPSA) is 15.3 Å². The number of halogens is 3. The number of alkyl halides is 3. The Morgan fingerprint density at radius 1 is 1.19 bits per heavy atom. The van der Waals surface area contributed by atoms with Crippen molar-refractivity contribution in [2.45, 2.75) is 44.4 Å². The first-order valence-corrected chi connectivity index (χ1v) is 7.62. The summed E-state index contributed by atoms with van der Waals surface area (Å²) in [4.78, 5) is 1.66. The Bertz CT molecular complexity index is 413. The minimum absolute atomic E-state index is 0.00182. The smallest absolute Gasteiger partial charge is 0.317 e. The molecular formula is C16H23F3N2. The lowest BCUT2D eigenvalue weighted by atomic mass is 9.97. The van der Waals surface area contributed by atoms with Crippen LogP contribution in [0.1, 0.15) is 37.8 Å². The SMILES string of the molecule is CCCN(C1CCNCC1)C(c1ccccc1)C(F)(F)F. The molecule has 5 heteroatoms. The van der Waals surface area contributed by atoms with E-state index < -0.39 is 12.2 Å². The molecule has 0 aromatic heterocycles. The molecule has 0 amide bonds. The third-order valence-corrected chi connectivity index (χ3v) is 4.02. The Balaban J connectivity index is 2.31. The number of hydrogen-bond donors (Lipinski definition) is 1. The van der Waals surface area contributed by atoms with Crippen molar-refractivity contribution in [2.24, 2.45) is 0 Å². The molecule has 1 fully saturated rings. The Hall–Kier alpha value is -1.07. The summed E-state index contributed by atoms with van der Waals surface area (Å²) in [5, 5.41) is 3.22. The zero-order valence-electron chi connectivity index (χ0n) is 12.4. The molecule has 2 rings (SSSR count). The molecule has 1 unspecified atom stereocenters. The van der Waals surface area contributed by atoms with Crippen LogP contribution in [0.2, 0.25) is 0 Å². The Morgan fingerprint density at radius 2 is 1.81 bits per heavy atom.